The van der Waals surface area contributed by atoms with Crippen molar-refractivity contribution in [1.29, 1.82) is 0 Å². The SMILES string of the molecule is CCC(CC)(CN)CN(C)C(C)CCSC. The first-order valence-electron chi connectivity index (χ1n) is 6.44. The fraction of sp³-hybridized carbons (Fsp3) is 1.00. The topological polar surface area (TPSA) is 29.3 Å². The highest BCUT2D eigenvalue weighted by Gasteiger charge is 2.27. The summed E-state index contributed by atoms with van der Waals surface area (Å²) in [4.78, 5) is 2.48. The maximum absolute atomic E-state index is 5.95. The maximum Gasteiger partial charge on any atom is 0.00719 e. The number of hydrogen-bond donors (Lipinski definition) is 1. The predicted molar refractivity (Wildman–Crippen MR) is 77.2 cm³/mol. The van der Waals surface area contributed by atoms with Gasteiger partial charge >= 0.3 is 0 Å². The summed E-state index contributed by atoms with van der Waals surface area (Å²) in [5, 5.41) is 0. The molecule has 0 aromatic carbocycles. The van der Waals surface area contributed by atoms with Crippen molar-refractivity contribution in [1.82, 2.24) is 4.90 Å². The molecule has 1 unspecified atom stereocenters. The van der Waals surface area contributed by atoms with E-state index >= 15 is 0 Å². The van der Waals surface area contributed by atoms with Crippen LogP contribution in [-0.2, 0) is 0 Å². The van der Waals surface area contributed by atoms with Crippen LogP contribution in [-0.4, -0.2) is 43.1 Å². The molecule has 0 aliphatic heterocycles. The Hall–Kier alpha value is 0.270. The molecule has 0 saturated heterocycles. The molecule has 0 aromatic heterocycles. The number of nitrogens with zero attached hydrogens (tertiary/aromatic N) is 1. The lowest BCUT2D eigenvalue weighted by Crippen LogP contribution is -2.43. The zero-order valence-corrected chi connectivity index (χ0v) is 12.6. The standard InChI is InChI=1S/C13H30N2S/c1-6-13(7-2,10-14)11-15(4)12(3)8-9-16-5/h12H,6-11,14H2,1-5H3. The van der Waals surface area contributed by atoms with Gasteiger partial charge in [-0.25, -0.2) is 0 Å². The highest BCUT2D eigenvalue weighted by Crippen LogP contribution is 2.26. The van der Waals surface area contributed by atoms with Crippen LogP contribution >= 0.6 is 11.8 Å². The number of rotatable bonds is 9. The Balaban J connectivity index is 4.22. The van der Waals surface area contributed by atoms with Gasteiger partial charge in [-0.1, -0.05) is 13.8 Å². The zero-order valence-electron chi connectivity index (χ0n) is 11.8. The van der Waals surface area contributed by atoms with Crippen LogP contribution in [0.15, 0.2) is 0 Å². The highest BCUT2D eigenvalue weighted by atomic mass is 32.2. The van der Waals surface area contributed by atoms with Crippen molar-refractivity contribution >= 4 is 11.8 Å². The molecule has 0 radical (unpaired) electrons. The second-order valence-electron chi connectivity index (χ2n) is 4.96. The van der Waals surface area contributed by atoms with Crippen molar-refractivity contribution in [3.8, 4) is 0 Å². The third-order valence-corrected chi connectivity index (χ3v) is 4.65. The fourth-order valence-electron chi connectivity index (χ4n) is 2.02. The Morgan fingerprint density at radius 3 is 2.25 bits per heavy atom. The van der Waals surface area contributed by atoms with Gasteiger partial charge in [-0.05, 0) is 57.2 Å². The molecule has 3 heteroatoms. The average Bonchev–Trinajstić information content (AvgIpc) is 2.32. The van der Waals surface area contributed by atoms with E-state index < -0.39 is 0 Å². The quantitative estimate of drug-likeness (QED) is 0.678. The molecule has 0 amide bonds. The molecule has 0 heterocycles. The molecular formula is C13H30N2S. The number of thioether (sulfide) groups is 1. The monoisotopic (exact) mass is 246 g/mol. The summed E-state index contributed by atoms with van der Waals surface area (Å²) in [5.74, 6) is 1.25. The summed E-state index contributed by atoms with van der Waals surface area (Å²) < 4.78 is 0. The Labute approximate surface area is 106 Å². The van der Waals surface area contributed by atoms with Crippen molar-refractivity contribution in [2.24, 2.45) is 11.1 Å². The summed E-state index contributed by atoms with van der Waals surface area (Å²) in [7, 11) is 2.24. The van der Waals surface area contributed by atoms with E-state index in [0.29, 0.717) is 11.5 Å². The molecule has 0 fully saturated rings. The van der Waals surface area contributed by atoms with Gasteiger partial charge < -0.3 is 10.6 Å². The highest BCUT2D eigenvalue weighted by molar-refractivity contribution is 7.98. The Bertz CT molecular complexity index is 161. The average molecular weight is 246 g/mol. The smallest absolute Gasteiger partial charge is 0.00719 e. The zero-order chi connectivity index (χ0) is 12.6. The Morgan fingerprint density at radius 2 is 1.88 bits per heavy atom. The van der Waals surface area contributed by atoms with Gasteiger partial charge in [-0.2, -0.15) is 11.8 Å². The first-order chi connectivity index (χ1) is 7.55. The van der Waals surface area contributed by atoms with Crippen LogP contribution in [0.1, 0.15) is 40.0 Å². The van der Waals surface area contributed by atoms with E-state index in [0.717, 1.165) is 13.1 Å². The van der Waals surface area contributed by atoms with Crippen LogP contribution in [0.25, 0.3) is 0 Å². The Kier molecular flexibility index (Phi) is 8.52. The minimum absolute atomic E-state index is 0.322. The van der Waals surface area contributed by atoms with Gasteiger partial charge in [0.2, 0.25) is 0 Å². The van der Waals surface area contributed by atoms with Crippen LogP contribution in [0.5, 0.6) is 0 Å². The van der Waals surface area contributed by atoms with Gasteiger partial charge in [0.15, 0.2) is 0 Å². The van der Waals surface area contributed by atoms with Crippen molar-refractivity contribution in [2.75, 3.05) is 32.1 Å². The van der Waals surface area contributed by atoms with Gasteiger partial charge in [-0.3, -0.25) is 0 Å². The third kappa shape index (κ3) is 5.07. The minimum atomic E-state index is 0.322. The van der Waals surface area contributed by atoms with Crippen molar-refractivity contribution in [3.63, 3.8) is 0 Å². The molecule has 2 nitrogen and oxygen atoms in total. The largest absolute Gasteiger partial charge is 0.330 e. The van der Waals surface area contributed by atoms with Crippen LogP contribution in [0.2, 0.25) is 0 Å². The van der Waals surface area contributed by atoms with E-state index in [1.54, 1.807) is 0 Å². The summed E-state index contributed by atoms with van der Waals surface area (Å²) in [6.07, 6.45) is 5.81. The van der Waals surface area contributed by atoms with E-state index in [1.807, 2.05) is 11.8 Å². The minimum Gasteiger partial charge on any atom is -0.330 e. The molecule has 0 rings (SSSR count). The van der Waals surface area contributed by atoms with E-state index in [1.165, 1.54) is 25.0 Å². The molecule has 2 N–H and O–H groups in total. The first kappa shape index (κ1) is 16.3. The molecule has 0 aliphatic carbocycles. The molecule has 98 valence electrons. The molecule has 0 aromatic rings. The molecule has 0 bridgehead atoms. The second kappa shape index (κ2) is 8.37. The molecule has 0 aliphatic rings. The summed E-state index contributed by atoms with van der Waals surface area (Å²) in [6.45, 7) is 8.78. The predicted octanol–water partition coefficient (Wildman–Crippen LogP) is 2.82. The third-order valence-electron chi connectivity index (χ3n) is 4.01. The molecule has 0 spiro atoms. The lowest BCUT2D eigenvalue weighted by atomic mass is 9.81. The van der Waals surface area contributed by atoms with Crippen LogP contribution < -0.4 is 5.73 Å². The number of nitrogens with two attached hydrogens (primary N) is 1. The summed E-state index contributed by atoms with van der Waals surface area (Å²) in [6, 6.07) is 0.663. The molecule has 16 heavy (non-hydrogen) atoms. The summed E-state index contributed by atoms with van der Waals surface area (Å²) in [5.41, 5.74) is 6.27. The van der Waals surface area contributed by atoms with E-state index in [9.17, 15) is 0 Å². The van der Waals surface area contributed by atoms with E-state index in [4.69, 9.17) is 5.73 Å². The Morgan fingerprint density at radius 1 is 1.31 bits per heavy atom. The lowest BCUT2D eigenvalue weighted by molar-refractivity contribution is 0.135. The van der Waals surface area contributed by atoms with Gasteiger partial charge in [0.05, 0.1) is 0 Å². The van der Waals surface area contributed by atoms with Gasteiger partial charge in [0, 0.05) is 12.6 Å². The van der Waals surface area contributed by atoms with E-state index in [-0.39, 0.29) is 0 Å². The second-order valence-corrected chi connectivity index (χ2v) is 5.94. The van der Waals surface area contributed by atoms with Crippen molar-refractivity contribution < 1.29 is 0 Å². The van der Waals surface area contributed by atoms with Crippen LogP contribution in [0.3, 0.4) is 0 Å². The van der Waals surface area contributed by atoms with Crippen LogP contribution in [0.4, 0.5) is 0 Å². The fourth-order valence-corrected chi connectivity index (χ4v) is 2.60. The van der Waals surface area contributed by atoms with Crippen molar-refractivity contribution in [3.05, 3.63) is 0 Å². The summed E-state index contributed by atoms with van der Waals surface area (Å²) >= 11 is 1.93. The van der Waals surface area contributed by atoms with E-state index in [2.05, 4.69) is 39.0 Å². The van der Waals surface area contributed by atoms with Crippen molar-refractivity contribution in [2.45, 2.75) is 46.1 Å². The molecule has 0 saturated carbocycles. The number of hydrogen-bond acceptors (Lipinski definition) is 3. The normalized spacial score (nSPS) is 14.4. The van der Waals surface area contributed by atoms with Gasteiger partial charge in [-0.15, -0.1) is 0 Å². The first-order valence-corrected chi connectivity index (χ1v) is 7.83. The van der Waals surface area contributed by atoms with Crippen LogP contribution in [0, 0.1) is 5.41 Å². The van der Waals surface area contributed by atoms with Gasteiger partial charge in [0.1, 0.15) is 0 Å². The lowest BCUT2D eigenvalue weighted by Gasteiger charge is -2.37. The molecule has 1 atom stereocenters. The van der Waals surface area contributed by atoms with Gasteiger partial charge in [0.25, 0.3) is 0 Å². The maximum atomic E-state index is 5.95. The molecular weight excluding hydrogens is 216 g/mol.